The SMILES string of the molecule is COC(C)(CN(C)C)C(F)(F)C(F)(F)OC(F)(Cl)C(F)(F)Cl. The number of likely N-dealkylation sites (N-methyl/N-ethyl adjacent to an activating group) is 1. The first kappa shape index (κ1) is 22.0. The van der Waals surface area contributed by atoms with Crippen molar-refractivity contribution < 1.29 is 40.2 Å². The zero-order valence-corrected chi connectivity index (χ0v) is 13.4. The van der Waals surface area contributed by atoms with E-state index in [0.29, 0.717) is 14.0 Å². The lowest BCUT2D eigenvalue weighted by Crippen LogP contribution is -2.64. The highest BCUT2D eigenvalue weighted by Gasteiger charge is 2.73. The Morgan fingerprint density at radius 2 is 1.36 bits per heavy atom. The number of halogens is 9. The smallest absolute Gasteiger partial charge is 0.371 e. The Labute approximate surface area is 132 Å². The summed E-state index contributed by atoms with van der Waals surface area (Å²) in [4.78, 5) is 1.06. The van der Waals surface area contributed by atoms with Crippen LogP contribution in [0.25, 0.3) is 0 Å². The van der Waals surface area contributed by atoms with Crippen LogP contribution in [0.4, 0.5) is 30.7 Å². The van der Waals surface area contributed by atoms with Crippen LogP contribution in [0, 0.1) is 0 Å². The van der Waals surface area contributed by atoms with Crippen molar-refractivity contribution >= 4 is 23.2 Å². The van der Waals surface area contributed by atoms with Gasteiger partial charge in [0.1, 0.15) is 5.60 Å². The maximum atomic E-state index is 14.0. The van der Waals surface area contributed by atoms with E-state index in [9.17, 15) is 30.7 Å². The molecule has 3 nitrogen and oxygen atoms in total. The van der Waals surface area contributed by atoms with E-state index in [-0.39, 0.29) is 0 Å². The van der Waals surface area contributed by atoms with E-state index in [4.69, 9.17) is 0 Å². The second kappa shape index (κ2) is 6.46. The molecule has 0 aromatic carbocycles. The van der Waals surface area contributed by atoms with E-state index in [1.54, 1.807) is 0 Å². The van der Waals surface area contributed by atoms with Crippen LogP contribution >= 0.6 is 23.2 Å². The number of ether oxygens (including phenoxy) is 2. The highest BCUT2D eigenvalue weighted by atomic mass is 35.5. The van der Waals surface area contributed by atoms with Crippen molar-refractivity contribution in [2.75, 3.05) is 27.7 Å². The average molecular weight is 384 g/mol. The predicted octanol–water partition coefficient (Wildman–Crippen LogP) is 3.89. The standard InChI is InChI=1S/C10H14Cl2F7NO2/c1-6(21-4,5-20(2)3)7(13,14)10(18,19)22-9(12,17)8(11,15)16/h5H2,1-4H3. The molecule has 0 N–H and O–H groups in total. The van der Waals surface area contributed by atoms with E-state index >= 15 is 0 Å². The molecule has 0 aromatic rings. The minimum Gasteiger partial charge on any atom is -0.371 e. The van der Waals surface area contributed by atoms with Gasteiger partial charge in [-0.2, -0.15) is 30.7 Å². The summed E-state index contributed by atoms with van der Waals surface area (Å²) in [5, 5.41) is -10.2. The van der Waals surface area contributed by atoms with Gasteiger partial charge in [0.2, 0.25) is 0 Å². The lowest BCUT2D eigenvalue weighted by atomic mass is 9.96. The molecule has 0 rings (SSSR count). The maximum Gasteiger partial charge on any atom is 0.426 e. The van der Waals surface area contributed by atoms with E-state index in [1.807, 2.05) is 0 Å². The molecule has 22 heavy (non-hydrogen) atoms. The Morgan fingerprint density at radius 3 is 1.64 bits per heavy atom. The molecule has 0 saturated heterocycles. The highest BCUT2D eigenvalue weighted by Crippen LogP contribution is 2.51. The Hall–Kier alpha value is -0.0300. The quantitative estimate of drug-likeness (QED) is 0.468. The van der Waals surface area contributed by atoms with Crippen molar-refractivity contribution in [2.24, 2.45) is 0 Å². The second-order valence-corrected chi connectivity index (χ2v) is 5.84. The average Bonchev–Trinajstić information content (AvgIpc) is 2.24. The number of nitrogens with zero attached hydrogens (tertiary/aromatic N) is 1. The van der Waals surface area contributed by atoms with Crippen molar-refractivity contribution in [3.8, 4) is 0 Å². The molecular formula is C10H14Cl2F7NO2. The van der Waals surface area contributed by atoms with Gasteiger partial charge in [0.15, 0.2) is 0 Å². The molecule has 0 amide bonds. The van der Waals surface area contributed by atoms with Gasteiger partial charge in [-0.25, -0.2) is 0 Å². The van der Waals surface area contributed by atoms with Crippen LogP contribution in [0.1, 0.15) is 6.92 Å². The fraction of sp³-hybridized carbons (Fsp3) is 1.00. The van der Waals surface area contributed by atoms with Crippen LogP contribution in [0.5, 0.6) is 0 Å². The van der Waals surface area contributed by atoms with Gasteiger partial charge in [-0.3, -0.25) is 4.74 Å². The van der Waals surface area contributed by atoms with Crippen LogP contribution in [-0.2, 0) is 9.47 Å². The summed E-state index contributed by atoms with van der Waals surface area (Å²) in [7, 11) is 3.22. The molecule has 0 bridgehead atoms. The summed E-state index contributed by atoms with van der Waals surface area (Å²) < 4.78 is 101. The largest absolute Gasteiger partial charge is 0.426 e. The zero-order valence-electron chi connectivity index (χ0n) is 11.9. The number of rotatable bonds is 8. The summed E-state index contributed by atoms with van der Waals surface area (Å²) in [6.45, 7) is -0.203. The molecule has 0 radical (unpaired) electrons. The zero-order chi connectivity index (χ0) is 18.2. The second-order valence-electron chi connectivity index (χ2n) is 4.88. The number of hydrogen-bond acceptors (Lipinski definition) is 3. The van der Waals surface area contributed by atoms with Crippen molar-refractivity contribution in [3.05, 3.63) is 0 Å². The molecule has 0 aliphatic rings. The molecule has 0 heterocycles. The molecule has 0 aromatic heterocycles. The normalized spacial score (nSPS) is 19.9. The van der Waals surface area contributed by atoms with Gasteiger partial charge >= 0.3 is 22.7 Å². The first-order valence-corrected chi connectivity index (χ1v) is 6.29. The predicted molar refractivity (Wildman–Crippen MR) is 65.4 cm³/mol. The molecule has 2 atom stereocenters. The van der Waals surface area contributed by atoms with Gasteiger partial charge in [0, 0.05) is 13.7 Å². The van der Waals surface area contributed by atoms with Crippen molar-refractivity contribution in [2.45, 2.75) is 35.3 Å². The molecule has 0 aliphatic carbocycles. The van der Waals surface area contributed by atoms with Crippen molar-refractivity contribution in [1.29, 1.82) is 0 Å². The molecular weight excluding hydrogens is 370 g/mol. The molecule has 0 fully saturated rings. The third-order valence-electron chi connectivity index (χ3n) is 2.68. The van der Waals surface area contributed by atoms with E-state index in [1.165, 1.54) is 14.1 Å². The summed E-state index contributed by atoms with van der Waals surface area (Å²) in [6, 6.07) is 0. The van der Waals surface area contributed by atoms with Crippen LogP contribution < -0.4 is 0 Å². The highest BCUT2D eigenvalue weighted by molar-refractivity contribution is 6.31. The molecule has 2 unspecified atom stereocenters. The summed E-state index contributed by atoms with van der Waals surface area (Å²) in [5.74, 6) is -5.23. The van der Waals surface area contributed by atoms with Crippen LogP contribution in [0.15, 0.2) is 0 Å². The Morgan fingerprint density at radius 1 is 0.955 bits per heavy atom. The third-order valence-corrected chi connectivity index (χ3v) is 3.34. The fourth-order valence-electron chi connectivity index (χ4n) is 1.49. The van der Waals surface area contributed by atoms with Crippen molar-refractivity contribution in [3.63, 3.8) is 0 Å². The Bertz CT molecular complexity index is 390. The number of methoxy groups -OCH3 is 1. The first-order valence-electron chi connectivity index (χ1n) is 5.54. The first-order chi connectivity index (χ1) is 9.43. The van der Waals surface area contributed by atoms with Gasteiger partial charge in [0.25, 0.3) is 0 Å². The monoisotopic (exact) mass is 383 g/mol. The summed E-state index contributed by atoms with van der Waals surface area (Å²) in [5.41, 5.74) is -2.91. The molecule has 134 valence electrons. The molecule has 0 spiro atoms. The van der Waals surface area contributed by atoms with Gasteiger partial charge in [0.05, 0.1) is 0 Å². The van der Waals surface area contributed by atoms with Gasteiger partial charge in [-0.15, -0.1) is 0 Å². The van der Waals surface area contributed by atoms with Gasteiger partial charge in [-0.05, 0) is 44.2 Å². The van der Waals surface area contributed by atoms with Gasteiger partial charge in [-0.1, -0.05) is 0 Å². The fourth-order valence-corrected chi connectivity index (χ4v) is 1.62. The maximum absolute atomic E-state index is 14.0. The van der Waals surface area contributed by atoms with Crippen LogP contribution in [0.2, 0.25) is 0 Å². The van der Waals surface area contributed by atoms with E-state index < -0.39 is 34.9 Å². The third kappa shape index (κ3) is 4.28. The van der Waals surface area contributed by atoms with Crippen LogP contribution in [-0.4, -0.2) is 61.0 Å². The number of hydrogen-bond donors (Lipinski definition) is 0. The summed E-state index contributed by atoms with van der Waals surface area (Å²) in [6.07, 6.45) is -5.75. The summed E-state index contributed by atoms with van der Waals surface area (Å²) >= 11 is 8.50. The van der Waals surface area contributed by atoms with Crippen LogP contribution in [0.3, 0.4) is 0 Å². The number of alkyl halides is 9. The Kier molecular flexibility index (Phi) is 6.45. The minimum absolute atomic E-state index is 0.567. The lowest BCUT2D eigenvalue weighted by Gasteiger charge is -2.42. The lowest BCUT2D eigenvalue weighted by molar-refractivity contribution is -0.429. The topological polar surface area (TPSA) is 21.7 Å². The van der Waals surface area contributed by atoms with E-state index in [0.717, 1.165) is 4.90 Å². The molecule has 0 saturated carbocycles. The Balaban J connectivity index is 5.65. The minimum atomic E-state index is -5.75. The van der Waals surface area contributed by atoms with Gasteiger partial charge < -0.3 is 9.64 Å². The van der Waals surface area contributed by atoms with Crippen molar-refractivity contribution in [1.82, 2.24) is 4.90 Å². The van der Waals surface area contributed by atoms with E-state index in [2.05, 4.69) is 32.7 Å². The molecule has 12 heteroatoms. The molecule has 0 aliphatic heterocycles.